The molecule has 2 heterocycles. The molecule has 0 aliphatic heterocycles. The lowest BCUT2D eigenvalue weighted by molar-refractivity contribution is 0.392. The van der Waals surface area contributed by atoms with E-state index in [0.717, 1.165) is 17.0 Å². The summed E-state index contributed by atoms with van der Waals surface area (Å²) < 4.78 is 29.9. The van der Waals surface area contributed by atoms with E-state index in [-0.39, 0.29) is 11.5 Å². The molecule has 3 rings (SSSR count). The van der Waals surface area contributed by atoms with Crippen LogP contribution in [0, 0.1) is 13.8 Å². The second-order valence-corrected chi connectivity index (χ2v) is 8.74. The summed E-state index contributed by atoms with van der Waals surface area (Å²) in [5, 5.41) is 6.55. The Labute approximate surface area is 145 Å². The molecule has 126 valence electrons. The molecule has 0 fully saturated rings. The molecule has 0 unspecified atom stereocenters. The SMILES string of the molecule is Cc1noc(C)c1CS(=O)(=O)Cc1csc(Cc2ccccc2)n1. The largest absolute Gasteiger partial charge is 0.361 e. The van der Waals surface area contributed by atoms with Crippen LogP contribution in [0.4, 0.5) is 0 Å². The Hall–Kier alpha value is -1.99. The Kier molecular flexibility index (Phi) is 4.82. The van der Waals surface area contributed by atoms with Gasteiger partial charge in [-0.1, -0.05) is 35.5 Å². The van der Waals surface area contributed by atoms with Crippen molar-refractivity contribution < 1.29 is 12.9 Å². The fourth-order valence-electron chi connectivity index (χ4n) is 2.47. The van der Waals surface area contributed by atoms with Crippen LogP contribution in [0.1, 0.15) is 33.3 Å². The van der Waals surface area contributed by atoms with Crippen molar-refractivity contribution >= 4 is 21.2 Å². The van der Waals surface area contributed by atoms with Crippen molar-refractivity contribution in [2.75, 3.05) is 0 Å². The lowest BCUT2D eigenvalue weighted by Gasteiger charge is -2.02. The molecule has 0 aliphatic carbocycles. The van der Waals surface area contributed by atoms with E-state index in [1.165, 1.54) is 11.3 Å². The van der Waals surface area contributed by atoms with Gasteiger partial charge in [0.15, 0.2) is 9.84 Å². The summed E-state index contributed by atoms with van der Waals surface area (Å²) >= 11 is 1.49. The van der Waals surface area contributed by atoms with Crippen LogP contribution in [0.3, 0.4) is 0 Å². The smallest absolute Gasteiger partial charge is 0.160 e. The zero-order chi connectivity index (χ0) is 17.2. The van der Waals surface area contributed by atoms with E-state index in [2.05, 4.69) is 10.1 Å². The minimum atomic E-state index is -3.32. The summed E-state index contributed by atoms with van der Waals surface area (Å²) in [6.45, 7) is 3.48. The van der Waals surface area contributed by atoms with Gasteiger partial charge in [-0.05, 0) is 19.4 Å². The van der Waals surface area contributed by atoms with Crippen molar-refractivity contribution in [2.45, 2.75) is 31.8 Å². The molecule has 2 aromatic heterocycles. The summed E-state index contributed by atoms with van der Waals surface area (Å²) in [6.07, 6.45) is 0.718. The molecule has 0 spiro atoms. The Balaban J connectivity index is 1.69. The molecule has 0 atom stereocenters. The molecule has 1 aromatic carbocycles. The molecule has 0 saturated heterocycles. The first-order valence-electron chi connectivity index (χ1n) is 7.52. The minimum Gasteiger partial charge on any atom is -0.361 e. The van der Waals surface area contributed by atoms with E-state index < -0.39 is 9.84 Å². The summed E-state index contributed by atoms with van der Waals surface area (Å²) in [4.78, 5) is 4.47. The highest BCUT2D eigenvalue weighted by atomic mass is 32.2. The molecule has 0 N–H and O–H groups in total. The highest BCUT2D eigenvalue weighted by Crippen LogP contribution is 2.20. The van der Waals surface area contributed by atoms with Crippen LogP contribution in [0.2, 0.25) is 0 Å². The van der Waals surface area contributed by atoms with Gasteiger partial charge in [0.2, 0.25) is 0 Å². The fraction of sp³-hybridized carbons (Fsp3) is 0.294. The summed E-state index contributed by atoms with van der Waals surface area (Å²) in [6, 6.07) is 10.0. The van der Waals surface area contributed by atoms with E-state index in [0.29, 0.717) is 22.7 Å². The van der Waals surface area contributed by atoms with Crippen molar-refractivity contribution in [3.8, 4) is 0 Å². The molecular formula is C17H18N2O3S2. The van der Waals surface area contributed by atoms with Crippen LogP contribution in [0.15, 0.2) is 40.2 Å². The first-order valence-corrected chi connectivity index (χ1v) is 10.2. The van der Waals surface area contributed by atoms with E-state index in [9.17, 15) is 8.42 Å². The lowest BCUT2D eigenvalue weighted by Crippen LogP contribution is -2.09. The first kappa shape index (κ1) is 16.9. The average molecular weight is 362 g/mol. The van der Waals surface area contributed by atoms with E-state index in [1.807, 2.05) is 35.7 Å². The molecule has 0 saturated carbocycles. The van der Waals surface area contributed by atoms with E-state index in [4.69, 9.17) is 4.52 Å². The number of hydrogen-bond acceptors (Lipinski definition) is 6. The molecule has 0 radical (unpaired) electrons. The van der Waals surface area contributed by atoms with Crippen molar-refractivity contribution in [1.82, 2.24) is 10.1 Å². The third kappa shape index (κ3) is 4.10. The van der Waals surface area contributed by atoms with Crippen LogP contribution in [-0.2, 0) is 27.8 Å². The van der Waals surface area contributed by atoms with Crippen LogP contribution in [0.25, 0.3) is 0 Å². The maximum atomic E-state index is 12.4. The summed E-state index contributed by atoms with van der Waals surface area (Å²) in [5.41, 5.74) is 3.03. The van der Waals surface area contributed by atoms with Gasteiger partial charge in [0.1, 0.15) is 5.76 Å². The van der Waals surface area contributed by atoms with Gasteiger partial charge in [0.05, 0.1) is 27.9 Å². The van der Waals surface area contributed by atoms with Crippen LogP contribution in [-0.4, -0.2) is 18.6 Å². The number of thiazole rings is 1. The van der Waals surface area contributed by atoms with Gasteiger partial charge in [-0.25, -0.2) is 13.4 Å². The molecule has 5 nitrogen and oxygen atoms in total. The molecule has 3 aromatic rings. The lowest BCUT2D eigenvalue weighted by atomic mass is 10.2. The van der Waals surface area contributed by atoms with Gasteiger partial charge in [0.25, 0.3) is 0 Å². The number of aromatic nitrogens is 2. The zero-order valence-electron chi connectivity index (χ0n) is 13.5. The van der Waals surface area contributed by atoms with E-state index in [1.54, 1.807) is 13.8 Å². The van der Waals surface area contributed by atoms with Gasteiger partial charge in [-0.3, -0.25) is 0 Å². The van der Waals surface area contributed by atoms with Gasteiger partial charge in [-0.2, -0.15) is 0 Å². The summed E-state index contributed by atoms with van der Waals surface area (Å²) in [5.74, 6) is 0.418. The molecule has 0 aliphatic rings. The molecule has 0 amide bonds. The van der Waals surface area contributed by atoms with Gasteiger partial charge in [-0.15, -0.1) is 11.3 Å². The number of benzene rings is 1. The average Bonchev–Trinajstić information content (AvgIpc) is 3.09. The first-order chi connectivity index (χ1) is 11.4. The predicted molar refractivity (Wildman–Crippen MR) is 93.7 cm³/mol. The monoisotopic (exact) mass is 362 g/mol. The molecule has 0 bridgehead atoms. The quantitative estimate of drug-likeness (QED) is 0.671. The molecule has 24 heavy (non-hydrogen) atoms. The number of rotatable bonds is 6. The Morgan fingerprint density at radius 1 is 1.12 bits per heavy atom. The van der Waals surface area contributed by atoms with Crippen LogP contribution in [0.5, 0.6) is 0 Å². The van der Waals surface area contributed by atoms with Crippen molar-refractivity contribution in [3.05, 3.63) is 69.0 Å². The second kappa shape index (κ2) is 6.86. The van der Waals surface area contributed by atoms with Crippen LogP contribution >= 0.6 is 11.3 Å². The maximum Gasteiger partial charge on any atom is 0.160 e. The zero-order valence-corrected chi connectivity index (χ0v) is 15.2. The standard InChI is InChI=1S/C17H18N2O3S2/c1-12-16(13(2)22-19-12)11-24(20,21)10-15-9-23-17(18-15)8-14-6-4-3-5-7-14/h3-7,9H,8,10-11H2,1-2H3. The predicted octanol–water partition coefficient (Wildman–Crippen LogP) is 3.45. The third-order valence-electron chi connectivity index (χ3n) is 3.71. The topological polar surface area (TPSA) is 73.1 Å². The van der Waals surface area contributed by atoms with Crippen molar-refractivity contribution in [3.63, 3.8) is 0 Å². The molecular weight excluding hydrogens is 344 g/mol. The minimum absolute atomic E-state index is 0.0671. The Morgan fingerprint density at radius 3 is 2.54 bits per heavy atom. The van der Waals surface area contributed by atoms with Crippen LogP contribution < -0.4 is 0 Å². The Bertz CT molecular complexity index is 908. The second-order valence-electron chi connectivity index (χ2n) is 5.73. The highest BCUT2D eigenvalue weighted by Gasteiger charge is 2.20. The highest BCUT2D eigenvalue weighted by molar-refractivity contribution is 7.89. The number of aryl methyl sites for hydroxylation is 2. The van der Waals surface area contributed by atoms with Gasteiger partial charge >= 0.3 is 0 Å². The fourth-order valence-corrected chi connectivity index (χ4v) is 4.96. The number of hydrogen-bond donors (Lipinski definition) is 0. The van der Waals surface area contributed by atoms with Gasteiger partial charge < -0.3 is 4.52 Å². The molecule has 7 heteroatoms. The number of sulfone groups is 1. The Morgan fingerprint density at radius 2 is 1.88 bits per heavy atom. The maximum absolute atomic E-state index is 12.4. The van der Waals surface area contributed by atoms with E-state index >= 15 is 0 Å². The van der Waals surface area contributed by atoms with Crippen molar-refractivity contribution in [1.29, 1.82) is 0 Å². The third-order valence-corrected chi connectivity index (χ3v) is 6.07. The number of nitrogens with zero attached hydrogens (tertiary/aromatic N) is 2. The van der Waals surface area contributed by atoms with Gasteiger partial charge in [0, 0.05) is 17.4 Å². The normalized spacial score (nSPS) is 11.8. The van der Waals surface area contributed by atoms with Crippen molar-refractivity contribution in [2.24, 2.45) is 0 Å². The summed E-state index contributed by atoms with van der Waals surface area (Å²) in [7, 11) is -3.32.